The van der Waals surface area contributed by atoms with Crippen LogP contribution in [0.1, 0.15) is 47.3 Å². The van der Waals surface area contributed by atoms with E-state index in [4.69, 9.17) is 4.98 Å². The van der Waals surface area contributed by atoms with Gasteiger partial charge in [-0.05, 0) is 74.8 Å². The lowest BCUT2D eigenvalue weighted by molar-refractivity contribution is -0.139. The number of likely N-dealkylation sites (tertiary alicyclic amines) is 1. The number of carbonyl (C=O) groups is 2. The normalized spacial score (nSPS) is 19.1. The number of nitrogens with zero attached hydrogens (tertiary/aromatic N) is 2. The first-order valence-electron chi connectivity index (χ1n) is 11.6. The molecule has 7 nitrogen and oxygen atoms in total. The topological polar surface area (TPSA) is 94.6 Å². The molecule has 2 aliphatic rings. The number of nitrogens with one attached hydrogen (secondary N) is 2. The van der Waals surface area contributed by atoms with Crippen LogP contribution in [0.15, 0.2) is 42.5 Å². The number of benzene rings is 1. The Hall–Kier alpha value is -2.93. The molecule has 170 valence electrons. The van der Waals surface area contributed by atoms with E-state index >= 15 is 0 Å². The van der Waals surface area contributed by atoms with Crippen LogP contribution in [0.2, 0.25) is 0 Å². The van der Waals surface area contributed by atoms with Gasteiger partial charge in [0.25, 0.3) is 5.91 Å². The van der Waals surface area contributed by atoms with Crippen molar-refractivity contribution in [2.75, 3.05) is 31.5 Å². The summed E-state index contributed by atoms with van der Waals surface area (Å²) in [6, 6.07) is 12.2. The number of rotatable bonds is 9. The molecule has 1 saturated heterocycles. The Bertz CT molecular complexity index is 934. The average Bonchev–Trinajstić information content (AvgIpc) is 3.28. The number of aryl methyl sites for hydroxylation is 2. The molecule has 3 heterocycles. The molecule has 0 unspecified atom stereocenters. The van der Waals surface area contributed by atoms with Gasteiger partial charge in [0.2, 0.25) is 0 Å². The molecule has 0 bridgehead atoms. The minimum atomic E-state index is -0.989. The van der Waals surface area contributed by atoms with E-state index in [2.05, 4.69) is 27.7 Å². The summed E-state index contributed by atoms with van der Waals surface area (Å²) >= 11 is 0. The maximum absolute atomic E-state index is 12.3. The predicted molar refractivity (Wildman–Crippen MR) is 124 cm³/mol. The Morgan fingerprint density at radius 3 is 2.88 bits per heavy atom. The molecule has 0 spiro atoms. The standard InChI is InChI=1S/C25H32N4O3/c30-24(20-5-2-1-3-6-20)28-22(25(31)32)13-16-29-15-12-18(17-29)8-10-21-11-9-19-7-4-14-26-23(19)27-21/h1-3,5-6,9,11,18,22H,4,7-8,10,12-17H2,(H,26,27)(H,28,30)(H,31,32)/t18-,22-/m1/s1. The van der Waals surface area contributed by atoms with Gasteiger partial charge in [0.15, 0.2) is 0 Å². The molecule has 1 amide bonds. The highest BCUT2D eigenvalue weighted by Crippen LogP contribution is 2.24. The number of aliphatic carboxylic acids is 1. The summed E-state index contributed by atoms with van der Waals surface area (Å²) in [7, 11) is 0. The quantitative estimate of drug-likeness (QED) is 0.560. The van der Waals surface area contributed by atoms with Gasteiger partial charge in [0.1, 0.15) is 11.9 Å². The maximum Gasteiger partial charge on any atom is 0.326 e. The van der Waals surface area contributed by atoms with Crippen LogP contribution >= 0.6 is 0 Å². The summed E-state index contributed by atoms with van der Waals surface area (Å²) in [4.78, 5) is 31.1. The average molecular weight is 437 g/mol. The summed E-state index contributed by atoms with van der Waals surface area (Å²) in [5.74, 6) is 0.323. The Morgan fingerprint density at radius 1 is 1.22 bits per heavy atom. The zero-order valence-electron chi connectivity index (χ0n) is 18.4. The number of hydrogen-bond donors (Lipinski definition) is 3. The number of carboxylic acids is 1. The number of carboxylic acid groups (broad SMARTS) is 1. The van der Waals surface area contributed by atoms with E-state index in [9.17, 15) is 14.7 Å². The molecule has 32 heavy (non-hydrogen) atoms. The number of pyridine rings is 1. The van der Waals surface area contributed by atoms with Crippen LogP contribution in [0.25, 0.3) is 0 Å². The smallest absolute Gasteiger partial charge is 0.326 e. The molecule has 1 aromatic heterocycles. The minimum Gasteiger partial charge on any atom is -0.480 e. The van der Waals surface area contributed by atoms with Gasteiger partial charge in [-0.1, -0.05) is 24.3 Å². The zero-order chi connectivity index (χ0) is 22.3. The third-order valence-electron chi connectivity index (χ3n) is 6.50. The molecule has 1 fully saturated rings. The van der Waals surface area contributed by atoms with Gasteiger partial charge >= 0.3 is 5.97 Å². The Kier molecular flexibility index (Phi) is 7.37. The van der Waals surface area contributed by atoms with Crippen molar-refractivity contribution in [1.29, 1.82) is 0 Å². The summed E-state index contributed by atoms with van der Waals surface area (Å²) in [6.07, 6.45) is 5.87. The van der Waals surface area contributed by atoms with E-state index < -0.39 is 12.0 Å². The van der Waals surface area contributed by atoms with E-state index in [1.54, 1.807) is 24.3 Å². The zero-order valence-corrected chi connectivity index (χ0v) is 18.4. The van der Waals surface area contributed by atoms with Crippen molar-refractivity contribution >= 4 is 17.7 Å². The van der Waals surface area contributed by atoms with Gasteiger partial charge in [0, 0.05) is 30.9 Å². The predicted octanol–water partition coefficient (Wildman–Crippen LogP) is 2.97. The highest BCUT2D eigenvalue weighted by atomic mass is 16.4. The molecule has 1 aromatic carbocycles. The van der Waals surface area contributed by atoms with Crippen LogP contribution in [0.3, 0.4) is 0 Å². The van der Waals surface area contributed by atoms with Crippen LogP contribution in [0.4, 0.5) is 5.82 Å². The molecule has 0 aliphatic carbocycles. The summed E-state index contributed by atoms with van der Waals surface area (Å²) in [5, 5.41) is 15.6. The molecule has 0 radical (unpaired) electrons. The fraction of sp³-hybridized carbons (Fsp3) is 0.480. The molecule has 7 heteroatoms. The van der Waals surface area contributed by atoms with Gasteiger partial charge in [-0.25, -0.2) is 9.78 Å². The third kappa shape index (κ3) is 5.85. The van der Waals surface area contributed by atoms with E-state index in [-0.39, 0.29) is 5.91 Å². The second-order valence-corrected chi connectivity index (χ2v) is 8.85. The van der Waals surface area contributed by atoms with E-state index in [1.807, 2.05) is 6.07 Å². The second kappa shape index (κ2) is 10.6. The first kappa shape index (κ1) is 22.3. The van der Waals surface area contributed by atoms with Crippen molar-refractivity contribution in [3.63, 3.8) is 0 Å². The van der Waals surface area contributed by atoms with Gasteiger partial charge < -0.3 is 20.6 Å². The van der Waals surface area contributed by atoms with Crippen molar-refractivity contribution in [2.45, 2.75) is 44.6 Å². The van der Waals surface area contributed by atoms with Crippen molar-refractivity contribution in [1.82, 2.24) is 15.2 Å². The van der Waals surface area contributed by atoms with Gasteiger partial charge in [-0.3, -0.25) is 4.79 Å². The van der Waals surface area contributed by atoms with Gasteiger partial charge in [-0.2, -0.15) is 0 Å². The van der Waals surface area contributed by atoms with E-state index in [0.29, 0.717) is 24.4 Å². The molecular weight excluding hydrogens is 404 g/mol. The van der Waals surface area contributed by atoms with Gasteiger partial charge in [0.05, 0.1) is 0 Å². The van der Waals surface area contributed by atoms with E-state index in [0.717, 1.165) is 56.8 Å². The number of anilines is 1. The molecule has 2 aliphatic heterocycles. The highest BCUT2D eigenvalue weighted by molar-refractivity contribution is 5.96. The first-order chi connectivity index (χ1) is 15.6. The number of carbonyl (C=O) groups excluding carboxylic acids is 1. The summed E-state index contributed by atoms with van der Waals surface area (Å²) < 4.78 is 0. The number of amides is 1. The van der Waals surface area contributed by atoms with Crippen molar-refractivity contribution in [2.24, 2.45) is 5.92 Å². The van der Waals surface area contributed by atoms with Crippen molar-refractivity contribution in [3.8, 4) is 0 Å². The van der Waals surface area contributed by atoms with Crippen LogP contribution in [-0.2, 0) is 17.6 Å². The molecule has 4 rings (SSSR count). The number of hydrogen-bond acceptors (Lipinski definition) is 5. The molecule has 3 N–H and O–H groups in total. The van der Waals surface area contributed by atoms with Crippen LogP contribution in [-0.4, -0.2) is 59.1 Å². The number of aromatic nitrogens is 1. The third-order valence-corrected chi connectivity index (χ3v) is 6.50. The lowest BCUT2D eigenvalue weighted by atomic mass is 10.00. The Labute approximate surface area is 189 Å². The van der Waals surface area contributed by atoms with Crippen molar-refractivity contribution in [3.05, 3.63) is 59.3 Å². The van der Waals surface area contributed by atoms with Crippen LogP contribution < -0.4 is 10.6 Å². The Morgan fingerprint density at radius 2 is 2.06 bits per heavy atom. The molecule has 2 atom stereocenters. The fourth-order valence-electron chi connectivity index (χ4n) is 4.61. The van der Waals surface area contributed by atoms with Crippen molar-refractivity contribution < 1.29 is 14.7 Å². The lowest BCUT2D eigenvalue weighted by Gasteiger charge is -2.20. The summed E-state index contributed by atoms with van der Waals surface area (Å²) in [5.41, 5.74) is 2.94. The highest BCUT2D eigenvalue weighted by Gasteiger charge is 2.26. The largest absolute Gasteiger partial charge is 0.480 e. The minimum absolute atomic E-state index is 0.343. The first-order valence-corrected chi connectivity index (χ1v) is 11.6. The monoisotopic (exact) mass is 436 g/mol. The SMILES string of the molecule is O=C(N[C@H](CCN1CC[C@@H](CCc2ccc3c(n2)NCCC3)C1)C(=O)O)c1ccccc1. The lowest BCUT2D eigenvalue weighted by Crippen LogP contribution is -2.43. The summed E-state index contributed by atoms with van der Waals surface area (Å²) in [6.45, 7) is 3.62. The van der Waals surface area contributed by atoms with Crippen LogP contribution in [0, 0.1) is 5.92 Å². The molecule has 2 aromatic rings. The molecular formula is C25H32N4O3. The van der Waals surface area contributed by atoms with E-state index in [1.165, 1.54) is 12.0 Å². The number of fused-ring (bicyclic) bond motifs is 1. The molecule has 0 saturated carbocycles. The Balaban J connectivity index is 1.22. The van der Waals surface area contributed by atoms with Crippen LogP contribution in [0.5, 0.6) is 0 Å². The van der Waals surface area contributed by atoms with Gasteiger partial charge in [-0.15, -0.1) is 0 Å². The second-order valence-electron chi connectivity index (χ2n) is 8.85. The fourth-order valence-corrected chi connectivity index (χ4v) is 4.61. The maximum atomic E-state index is 12.3.